The van der Waals surface area contributed by atoms with Gasteiger partial charge in [0.15, 0.2) is 5.13 Å². The Bertz CT molecular complexity index is 1360. The first kappa shape index (κ1) is 28.9. The third-order valence-corrected chi connectivity index (χ3v) is 9.12. The van der Waals surface area contributed by atoms with Crippen molar-refractivity contribution < 1.29 is 19.1 Å². The molecular weight excluding hydrogens is 536 g/mol. The number of thiazole rings is 1. The quantitative estimate of drug-likeness (QED) is 0.369. The fraction of sp³-hybridized carbons (Fsp3) is 0.469. The van der Waals surface area contributed by atoms with E-state index in [0.29, 0.717) is 4.88 Å². The highest BCUT2D eigenvalue weighted by atomic mass is 32.1. The van der Waals surface area contributed by atoms with E-state index in [1.165, 1.54) is 29.6 Å². The van der Waals surface area contributed by atoms with Crippen LogP contribution in [0.3, 0.4) is 0 Å². The molecule has 2 aliphatic heterocycles. The molecule has 0 atom stereocenters. The Morgan fingerprint density at radius 1 is 1.05 bits per heavy atom. The standard InChI is InChI=1S/C32H40N4O4S/c1-31(2,3)24-11-9-23(10-12-24)22-36-20-16-32(40-26-8-6-5-7-25(26)36)14-18-35(19-15-32)30-34-21-27(41-30)29(38)33-17-13-28(37)39-4/h5-12,21H,13-20,22H2,1-4H3,(H,33,38). The Morgan fingerprint density at radius 2 is 1.76 bits per heavy atom. The zero-order valence-electron chi connectivity index (χ0n) is 24.4. The van der Waals surface area contributed by atoms with Gasteiger partial charge < -0.3 is 24.6 Å². The molecule has 8 nitrogen and oxygen atoms in total. The van der Waals surface area contributed by atoms with Gasteiger partial charge in [0.25, 0.3) is 5.91 Å². The summed E-state index contributed by atoms with van der Waals surface area (Å²) in [7, 11) is 1.34. The first-order valence-electron chi connectivity index (χ1n) is 14.3. The second kappa shape index (κ2) is 12.1. The van der Waals surface area contributed by atoms with Gasteiger partial charge in [-0.25, -0.2) is 4.98 Å². The number of ether oxygens (including phenoxy) is 2. The van der Waals surface area contributed by atoms with Gasteiger partial charge in [-0.1, -0.05) is 68.5 Å². The normalized spacial score (nSPS) is 16.5. The molecule has 3 heterocycles. The lowest BCUT2D eigenvalue weighted by molar-refractivity contribution is -0.140. The molecule has 41 heavy (non-hydrogen) atoms. The fourth-order valence-corrected chi connectivity index (χ4v) is 6.37. The molecule has 0 bridgehead atoms. The van der Waals surface area contributed by atoms with Crippen LogP contribution in [-0.2, 0) is 21.5 Å². The van der Waals surface area contributed by atoms with Crippen LogP contribution >= 0.6 is 11.3 Å². The number of fused-ring (bicyclic) bond motifs is 1. The summed E-state index contributed by atoms with van der Waals surface area (Å²) < 4.78 is 11.5. The number of nitrogens with one attached hydrogen (secondary N) is 1. The molecule has 218 valence electrons. The highest BCUT2D eigenvalue weighted by Crippen LogP contribution is 2.42. The number of anilines is 2. The van der Waals surface area contributed by atoms with Crippen LogP contribution in [0.15, 0.2) is 54.7 Å². The van der Waals surface area contributed by atoms with E-state index < -0.39 is 0 Å². The molecule has 1 aromatic heterocycles. The van der Waals surface area contributed by atoms with Gasteiger partial charge in [-0.05, 0) is 28.7 Å². The molecular formula is C32H40N4O4S. The maximum absolute atomic E-state index is 12.5. The number of hydrogen-bond acceptors (Lipinski definition) is 8. The van der Waals surface area contributed by atoms with Crippen LogP contribution in [0.5, 0.6) is 5.75 Å². The Balaban J connectivity index is 1.22. The number of hydrogen-bond donors (Lipinski definition) is 1. The van der Waals surface area contributed by atoms with E-state index in [1.807, 2.05) is 0 Å². The van der Waals surface area contributed by atoms with Crippen molar-refractivity contribution in [2.24, 2.45) is 0 Å². The van der Waals surface area contributed by atoms with Gasteiger partial charge in [0, 0.05) is 52.0 Å². The summed E-state index contributed by atoms with van der Waals surface area (Å²) in [6.45, 7) is 10.4. The molecule has 2 aromatic carbocycles. The average molecular weight is 577 g/mol. The molecule has 1 amide bonds. The second-order valence-corrected chi connectivity index (χ2v) is 13.0. The molecule has 1 N–H and O–H groups in total. The molecule has 1 spiro atoms. The van der Waals surface area contributed by atoms with E-state index in [2.05, 4.69) is 94.1 Å². The van der Waals surface area contributed by atoms with E-state index in [-0.39, 0.29) is 35.9 Å². The van der Waals surface area contributed by atoms with E-state index in [1.54, 1.807) is 6.20 Å². The Kier molecular flexibility index (Phi) is 8.54. The van der Waals surface area contributed by atoms with Crippen LogP contribution in [0.25, 0.3) is 0 Å². The van der Waals surface area contributed by atoms with Crippen molar-refractivity contribution in [1.29, 1.82) is 0 Å². The van der Waals surface area contributed by atoms with Gasteiger partial charge in [0.2, 0.25) is 0 Å². The molecule has 2 aliphatic rings. The maximum atomic E-state index is 12.5. The van der Waals surface area contributed by atoms with Crippen LogP contribution < -0.4 is 19.9 Å². The van der Waals surface area contributed by atoms with Crippen LogP contribution in [-0.4, -0.2) is 55.8 Å². The van der Waals surface area contributed by atoms with Crippen LogP contribution in [0.1, 0.15) is 67.3 Å². The number of rotatable bonds is 7. The monoisotopic (exact) mass is 576 g/mol. The van der Waals surface area contributed by atoms with Crippen LogP contribution in [0, 0.1) is 0 Å². The van der Waals surface area contributed by atoms with E-state index in [0.717, 1.165) is 62.0 Å². The lowest BCUT2D eigenvalue weighted by Crippen LogP contribution is -2.48. The summed E-state index contributed by atoms with van der Waals surface area (Å²) in [5, 5.41) is 3.60. The molecule has 0 aliphatic carbocycles. The molecule has 1 fully saturated rings. The van der Waals surface area contributed by atoms with Gasteiger partial charge in [-0.3, -0.25) is 9.59 Å². The number of para-hydroxylation sites is 2. The number of aromatic nitrogens is 1. The van der Waals surface area contributed by atoms with E-state index >= 15 is 0 Å². The number of methoxy groups -OCH3 is 1. The summed E-state index contributed by atoms with van der Waals surface area (Å²) in [4.78, 5) is 33.6. The highest BCUT2D eigenvalue weighted by molar-refractivity contribution is 7.17. The summed E-state index contributed by atoms with van der Waals surface area (Å²) in [5.74, 6) is 0.381. The Morgan fingerprint density at radius 3 is 2.46 bits per heavy atom. The van der Waals surface area contributed by atoms with Crippen molar-refractivity contribution in [2.45, 2.75) is 64.0 Å². The van der Waals surface area contributed by atoms with Crippen molar-refractivity contribution in [3.8, 4) is 5.75 Å². The molecule has 0 unspecified atom stereocenters. The van der Waals surface area contributed by atoms with Crippen molar-refractivity contribution in [2.75, 3.05) is 43.1 Å². The first-order valence-corrected chi connectivity index (χ1v) is 15.2. The minimum Gasteiger partial charge on any atom is -0.485 e. The van der Waals surface area contributed by atoms with E-state index in [9.17, 15) is 9.59 Å². The number of carbonyl (C=O) groups excluding carboxylic acids is 2. The first-order chi connectivity index (χ1) is 19.7. The van der Waals surface area contributed by atoms with Crippen LogP contribution in [0.2, 0.25) is 0 Å². The summed E-state index contributed by atoms with van der Waals surface area (Å²) in [6.07, 6.45) is 4.47. The van der Waals surface area contributed by atoms with E-state index in [4.69, 9.17) is 4.74 Å². The van der Waals surface area contributed by atoms with Gasteiger partial charge in [0.1, 0.15) is 16.2 Å². The zero-order valence-corrected chi connectivity index (χ0v) is 25.3. The topological polar surface area (TPSA) is 84.0 Å². The Labute approximate surface area is 246 Å². The van der Waals surface area contributed by atoms with Gasteiger partial charge in [-0.15, -0.1) is 0 Å². The van der Waals surface area contributed by atoms with Crippen molar-refractivity contribution in [3.05, 3.63) is 70.7 Å². The van der Waals surface area contributed by atoms with Gasteiger partial charge in [-0.2, -0.15) is 0 Å². The van der Waals surface area contributed by atoms with Crippen molar-refractivity contribution in [1.82, 2.24) is 10.3 Å². The zero-order chi connectivity index (χ0) is 29.0. The average Bonchev–Trinajstić information content (AvgIpc) is 3.41. The van der Waals surface area contributed by atoms with Gasteiger partial charge in [0.05, 0.1) is 25.4 Å². The predicted octanol–water partition coefficient (Wildman–Crippen LogP) is 5.56. The minimum atomic E-state index is -0.348. The molecule has 9 heteroatoms. The second-order valence-electron chi connectivity index (χ2n) is 11.9. The van der Waals surface area contributed by atoms with Gasteiger partial charge >= 0.3 is 5.97 Å². The smallest absolute Gasteiger partial charge is 0.307 e. The molecule has 0 radical (unpaired) electrons. The number of esters is 1. The molecule has 0 saturated carbocycles. The molecule has 5 rings (SSSR count). The summed E-state index contributed by atoms with van der Waals surface area (Å²) in [6, 6.07) is 17.4. The number of benzene rings is 2. The maximum Gasteiger partial charge on any atom is 0.307 e. The number of piperidine rings is 1. The van der Waals surface area contributed by atoms with Crippen molar-refractivity contribution in [3.63, 3.8) is 0 Å². The number of amides is 1. The Hall–Kier alpha value is -3.59. The summed E-state index contributed by atoms with van der Waals surface area (Å²) >= 11 is 1.38. The fourth-order valence-electron chi connectivity index (χ4n) is 5.48. The summed E-state index contributed by atoms with van der Waals surface area (Å²) in [5.41, 5.74) is 3.70. The predicted molar refractivity (Wildman–Crippen MR) is 163 cm³/mol. The number of nitrogens with zero attached hydrogens (tertiary/aromatic N) is 3. The third-order valence-electron chi connectivity index (χ3n) is 8.07. The third kappa shape index (κ3) is 6.84. The minimum absolute atomic E-state index is 0.140. The lowest BCUT2D eigenvalue weighted by Gasteiger charge is -2.41. The largest absolute Gasteiger partial charge is 0.485 e. The lowest BCUT2D eigenvalue weighted by atomic mass is 9.86. The number of carbonyl (C=O) groups is 2. The highest BCUT2D eigenvalue weighted by Gasteiger charge is 2.40. The molecule has 1 saturated heterocycles. The van der Waals surface area contributed by atoms with Crippen molar-refractivity contribution >= 4 is 34.0 Å². The SMILES string of the molecule is COC(=O)CCNC(=O)c1cnc(N2CCC3(CC2)CCN(Cc2ccc(C(C)(C)C)cc2)c2ccccc2O3)s1. The molecule has 3 aromatic rings. The van der Waals surface area contributed by atoms with Crippen LogP contribution in [0.4, 0.5) is 10.8 Å².